The number of hydrogen-bond acceptors (Lipinski definition) is 2. The Balaban J connectivity index is 3.81. The standard InChI is InChI=1S/C24H49NO3/c1-5-7-8-9-10-11-12-13-14-15-16-17-20-24(28,6-2)22-25(3,4)21-18-19-23(26)27/h28H,5-22H2,1-4H3/p+1. The third kappa shape index (κ3) is 16.4. The molecule has 4 heteroatoms. The van der Waals surface area contributed by atoms with Crippen LogP contribution in [-0.4, -0.2) is 53.5 Å². The number of aliphatic hydroxyl groups is 1. The largest absolute Gasteiger partial charge is 0.481 e. The fourth-order valence-corrected chi connectivity index (χ4v) is 4.20. The number of nitrogens with zero attached hydrogens (tertiary/aromatic N) is 1. The van der Waals surface area contributed by atoms with E-state index in [1.807, 2.05) is 0 Å². The topological polar surface area (TPSA) is 57.5 Å². The number of unbranched alkanes of at least 4 members (excludes halogenated alkanes) is 11. The highest BCUT2D eigenvalue weighted by Gasteiger charge is 2.32. The van der Waals surface area contributed by atoms with E-state index in [1.54, 1.807) is 0 Å². The van der Waals surface area contributed by atoms with Crippen LogP contribution in [0.1, 0.15) is 117 Å². The van der Waals surface area contributed by atoms with E-state index in [4.69, 9.17) is 5.11 Å². The third-order valence-electron chi connectivity index (χ3n) is 6.03. The maximum absolute atomic E-state index is 11.0. The Morgan fingerprint density at radius 2 is 1.25 bits per heavy atom. The van der Waals surface area contributed by atoms with Crippen LogP contribution in [0.5, 0.6) is 0 Å². The van der Waals surface area contributed by atoms with Crippen molar-refractivity contribution in [1.82, 2.24) is 0 Å². The van der Waals surface area contributed by atoms with Crippen LogP contribution in [0.3, 0.4) is 0 Å². The average molecular weight is 401 g/mol. The van der Waals surface area contributed by atoms with Crippen molar-refractivity contribution in [2.75, 3.05) is 27.2 Å². The van der Waals surface area contributed by atoms with Crippen LogP contribution in [-0.2, 0) is 4.79 Å². The summed E-state index contributed by atoms with van der Waals surface area (Å²) in [7, 11) is 4.20. The number of carboxylic acid groups (broad SMARTS) is 1. The molecular formula is C24H50NO3+. The van der Waals surface area contributed by atoms with Gasteiger partial charge in [0.25, 0.3) is 0 Å². The number of quaternary nitrogens is 1. The Morgan fingerprint density at radius 3 is 1.68 bits per heavy atom. The highest BCUT2D eigenvalue weighted by molar-refractivity contribution is 5.66. The molecule has 0 aromatic rings. The molecular weight excluding hydrogens is 350 g/mol. The number of carboxylic acids is 1. The minimum absolute atomic E-state index is 0.213. The van der Waals surface area contributed by atoms with Gasteiger partial charge in [0.1, 0.15) is 12.1 Å². The van der Waals surface area contributed by atoms with E-state index in [0.717, 1.165) is 25.8 Å². The molecule has 4 nitrogen and oxygen atoms in total. The number of hydrogen-bond donors (Lipinski definition) is 2. The van der Waals surface area contributed by atoms with Crippen molar-refractivity contribution >= 4 is 5.97 Å². The zero-order chi connectivity index (χ0) is 21.3. The fourth-order valence-electron chi connectivity index (χ4n) is 4.20. The van der Waals surface area contributed by atoms with Crippen LogP contribution in [0.15, 0.2) is 0 Å². The first kappa shape index (κ1) is 27.4. The van der Waals surface area contributed by atoms with Gasteiger partial charge in [-0.1, -0.05) is 90.9 Å². The molecule has 0 aliphatic rings. The zero-order valence-electron chi connectivity index (χ0n) is 19.5. The van der Waals surface area contributed by atoms with Crippen LogP contribution < -0.4 is 0 Å². The Bertz CT molecular complexity index is 384. The summed E-state index contributed by atoms with van der Waals surface area (Å²) in [6, 6.07) is 0. The van der Waals surface area contributed by atoms with E-state index in [9.17, 15) is 9.90 Å². The molecule has 0 spiro atoms. The molecule has 1 atom stereocenters. The van der Waals surface area contributed by atoms with Gasteiger partial charge in [-0.15, -0.1) is 0 Å². The first-order chi connectivity index (χ1) is 13.2. The van der Waals surface area contributed by atoms with Crippen molar-refractivity contribution in [3.63, 3.8) is 0 Å². The van der Waals surface area contributed by atoms with Crippen LogP contribution in [0.4, 0.5) is 0 Å². The number of rotatable bonds is 20. The molecule has 0 rings (SSSR count). The highest BCUT2D eigenvalue weighted by Crippen LogP contribution is 2.23. The smallest absolute Gasteiger partial charge is 0.303 e. The van der Waals surface area contributed by atoms with E-state index < -0.39 is 11.6 Å². The van der Waals surface area contributed by atoms with Gasteiger partial charge in [0, 0.05) is 6.42 Å². The molecule has 28 heavy (non-hydrogen) atoms. The fraction of sp³-hybridized carbons (Fsp3) is 0.958. The van der Waals surface area contributed by atoms with Gasteiger partial charge < -0.3 is 14.7 Å². The van der Waals surface area contributed by atoms with Crippen LogP contribution in [0, 0.1) is 0 Å². The second-order valence-corrected chi connectivity index (χ2v) is 9.53. The molecule has 0 aromatic heterocycles. The molecule has 0 saturated heterocycles. The van der Waals surface area contributed by atoms with E-state index >= 15 is 0 Å². The quantitative estimate of drug-likeness (QED) is 0.190. The predicted octanol–water partition coefficient (Wildman–Crippen LogP) is 6.16. The monoisotopic (exact) mass is 400 g/mol. The summed E-state index contributed by atoms with van der Waals surface area (Å²) in [6.07, 6.45) is 18.5. The first-order valence-corrected chi connectivity index (χ1v) is 12.0. The van der Waals surface area contributed by atoms with Crippen molar-refractivity contribution in [2.45, 2.75) is 122 Å². The normalized spacial score (nSPS) is 14.2. The van der Waals surface area contributed by atoms with Gasteiger partial charge in [0.2, 0.25) is 0 Å². The van der Waals surface area contributed by atoms with Crippen LogP contribution in [0.2, 0.25) is 0 Å². The predicted molar refractivity (Wildman–Crippen MR) is 120 cm³/mol. The van der Waals surface area contributed by atoms with Crippen molar-refractivity contribution in [3.05, 3.63) is 0 Å². The van der Waals surface area contributed by atoms with Gasteiger partial charge in [0.05, 0.1) is 27.1 Å². The summed E-state index contributed by atoms with van der Waals surface area (Å²) >= 11 is 0. The second-order valence-electron chi connectivity index (χ2n) is 9.53. The van der Waals surface area contributed by atoms with Gasteiger partial charge in [-0.2, -0.15) is 0 Å². The van der Waals surface area contributed by atoms with Crippen LogP contribution in [0.25, 0.3) is 0 Å². The number of likely N-dealkylation sites (N-methyl/N-ethyl adjacent to an activating group) is 1. The van der Waals surface area contributed by atoms with E-state index in [-0.39, 0.29) is 6.42 Å². The third-order valence-corrected chi connectivity index (χ3v) is 6.03. The molecule has 168 valence electrons. The summed E-state index contributed by atoms with van der Waals surface area (Å²) in [5, 5.41) is 19.8. The van der Waals surface area contributed by atoms with Gasteiger partial charge in [-0.25, -0.2) is 0 Å². The van der Waals surface area contributed by atoms with Crippen molar-refractivity contribution in [2.24, 2.45) is 0 Å². The Morgan fingerprint density at radius 1 is 0.786 bits per heavy atom. The average Bonchev–Trinajstić information content (AvgIpc) is 2.61. The van der Waals surface area contributed by atoms with Gasteiger partial charge in [-0.3, -0.25) is 4.79 Å². The van der Waals surface area contributed by atoms with Gasteiger partial charge >= 0.3 is 5.97 Å². The lowest BCUT2D eigenvalue weighted by atomic mass is 9.91. The molecule has 2 N–H and O–H groups in total. The summed E-state index contributed by atoms with van der Waals surface area (Å²) < 4.78 is 0.690. The maximum atomic E-state index is 11.0. The molecule has 0 aliphatic heterocycles. The van der Waals surface area contributed by atoms with E-state index in [0.29, 0.717) is 17.4 Å². The minimum atomic E-state index is -0.734. The lowest BCUT2D eigenvalue weighted by molar-refractivity contribution is -0.897. The summed E-state index contributed by atoms with van der Waals surface area (Å²) in [6.45, 7) is 5.84. The van der Waals surface area contributed by atoms with Crippen molar-refractivity contribution in [3.8, 4) is 0 Å². The second kappa shape index (κ2) is 16.2. The molecule has 0 saturated carbocycles. The molecule has 0 radical (unpaired) electrons. The van der Waals surface area contributed by atoms with Gasteiger partial charge in [-0.05, 0) is 12.8 Å². The van der Waals surface area contributed by atoms with Gasteiger partial charge in [0.15, 0.2) is 0 Å². The highest BCUT2D eigenvalue weighted by atomic mass is 16.4. The molecule has 0 bridgehead atoms. The lowest BCUT2D eigenvalue weighted by Gasteiger charge is -2.38. The van der Waals surface area contributed by atoms with E-state index in [1.165, 1.54) is 70.6 Å². The molecule has 0 aromatic carbocycles. The Hall–Kier alpha value is -0.610. The minimum Gasteiger partial charge on any atom is -0.481 e. The maximum Gasteiger partial charge on any atom is 0.303 e. The summed E-state index contributed by atoms with van der Waals surface area (Å²) in [4.78, 5) is 10.7. The van der Waals surface area contributed by atoms with Crippen molar-refractivity contribution < 1.29 is 19.5 Å². The molecule has 0 fully saturated rings. The number of carbonyl (C=O) groups is 1. The first-order valence-electron chi connectivity index (χ1n) is 12.0. The van der Waals surface area contributed by atoms with Crippen molar-refractivity contribution in [1.29, 1.82) is 0 Å². The molecule has 0 heterocycles. The lowest BCUT2D eigenvalue weighted by Crippen LogP contribution is -2.52. The molecule has 0 aliphatic carbocycles. The number of aliphatic carboxylic acids is 1. The molecule has 1 unspecified atom stereocenters. The molecule has 0 amide bonds. The SMILES string of the molecule is CCCCCCCCCCCCCCC(O)(CC)C[N+](C)(C)CCCC(=O)O. The Kier molecular flexibility index (Phi) is 15.9. The van der Waals surface area contributed by atoms with E-state index in [2.05, 4.69) is 27.9 Å². The van der Waals surface area contributed by atoms with Crippen LogP contribution >= 0.6 is 0 Å². The summed E-state index contributed by atoms with van der Waals surface area (Å²) in [5.41, 5.74) is -0.620. The Labute approximate surface area is 175 Å². The summed E-state index contributed by atoms with van der Waals surface area (Å²) in [5.74, 6) is -0.734. The zero-order valence-corrected chi connectivity index (χ0v) is 19.5.